The van der Waals surface area contributed by atoms with Crippen molar-refractivity contribution in [3.05, 3.63) is 70.8 Å². The molecule has 5 N–H and O–H groups in total. The number of carboxylic acids is 1. The van der Waals surface area contributed by atoms with E-state index >= 15 is 0 Å². The van der Waals surface area contributed by atoms with Crippen molar-refractivity contribution in [2.75, 3.05) is 18.9 Å². The molecule has 2 aromatic carbocycles. The van der Waals surface area contributed by atoms with Gasteiger partial charge in [-0.25, -0.2) is 0 Å². The predicted molar refractivity (Wildman–Crippen MR) is 123 cm³/mol. The van der Waals surface area contributed by atoms with Gasteiger partial charge in [0, 0.05) is 42.6 Å². The number of amidine groups is 1. The Morgan fingerprint density at radius 3 is 2.30 bits per heavy atom. The van der Waals surface area contributed by atoms with E-state index in [9.17, 15) is 4.79 Å². The van der Waals surface area contributed by atoms with E-state index < -0.39 is 5.97 Å². The molecule has 0 aliphatic carbocycles. The number of aliphatic carboxylic acids is 1. The van der Waals surface area contributed by atoms with Gasteiger partial charge in [0.1, 0.15) is 12.1 Å². The predicted octanol–water partition coefficient (Wildman–Crippen LogP) is 3.55. The molecule has 0 spiro atoms. The summed E-state index contributed by atoms with van der Waals surface area (Å²) in [7, 11) is 1.69. The summed E-state index contributed by atoms with van der Waals surface area (Å²) in [5.74, 6) is -0.172. The van der Waals surface area contributed by atoms with Gasteiger partial charge in [-0.1, -0.05) is 35.9 Å². The van der Waals surface area contributed by atoms with Crippen LogP contribution in [0.4, 0.5) is 5.69 Å². The fourth-order valence-corrected chi connectivity index (χ4v) is 2.44. The number of carboxylic acid groups (broad SMARTS) is 1. The van der Waals surface area contributed by atoms with Gasteiger partial charge >= 0.3 is 5.97 Å². The summed E-state index contributed by atoms with van der Waals surface area (Å²) in [5, 5.41) is 15.6. The molecule has 0 aliphatic heterocycles. The van der Waals surface area contributed by atoms with Gasteiger partial charge in [0.25, 0.3) is 0 Å². The molecule has 160 valence electrons. The zero-order valence-corrected chi connectivity index (χ0v) is 17.8. The van der Waals surface area contributed by atoms with E-state index in [0.717, 1.165) is 23.1 Å². The van der Waals surface area contributed by atoms with Gasteiger partial charge in [-0.15, -0.1) is 0 Å². The number of carbonyl (C=O) groups excluding carboxylic acids is 1. The Bertz CT molecular complexity index is 863. The number of benzene rings is 2. The van der Waals surface area contributed by atoms with Gasteiger partial charge in [-0.05, 0) is 42.3 Å². The van der Waals surface area contributed by atoms with Crippen LogP contribution in [0.3, 0.4) is 0 Å². The van der Waals surface area contributed by atoms with E-state index in [1.807, 2.05) is 36.4 Å². The number of hydrogen-bond acceptors (Lipinski definition) is 5. The summed E-state index contributed by atoms with van der Waals surface area (Å²) in [6.45, 7) is 2.50. The molecule has 8 heteroatoms. The fourth-order valence-electron chi connectivity index (χ4n) is 2.31. The SMILES string of the molecule is CC=O.CN=C(/C=C(\N)c1ccc(Cl)cc1)Nc1ccc(CNCCC(=O)O)cc1. The third kappa shape index (κ3) is 9.86. The van der Waals surface area contributed by atoms with E-state index in [-0.39, 0.29) is 6.42 Å². The molecule has 0 amide bonds. The molecule has 0 fully saturated rings. The lowest BCUT2D eigenvalue weighted by molar-refractivity contribution is -0.136. The molecular formula is C22H27ClN4O3. The number of hydrogen-bond donors (Lipinski definition) is 4. The third-order valence-corrected chi connectivity index (χ3v) is 4.03. The summed E-state index contributed by atoms with van der Waals surface area (Å²) in [4.78, 5) is 23.5. The van der Waals surface area contributed by atoms with Crippen LogP contribution in [0.5, 0.6) is 0 Å². The van der Waals surface area contributed by atoms with Crippen LogP contribution in [0, 0.1) is 0 Å². The second-order valence-electron chi connectivity index (χ2n) is 6.09. The van der Waals surface area contributed by atoms with E-state index in [1.54, 1.807) is 25.3 Å². The van der Waals surface area contributed by atoms with Crippen molar-refractivity contribution >= 4 is 41.1 Å². The Morgan fingerprint density at radius 2 is 1.77 bits per heavy atom. The highest BCUT2D eigenvalue weighted by molar-refractivity contribution is 6.30. The first-order valence-corrected chi connectivity index (χ1v) is 9.65. The number of aldehydes is 1. The summed E-state index contributed by atoms with van der Waals surface area (Å²) in [5.41, 5.74) is 9.53. The van der Waals surface area contributed by atoms with Gasteiger partial charge in [0.05, 0.1) is 6.42 Å². The summed E-state index contributed by atoms with van der Waals surface area (Å²) >= 11 is 5.90. The largest absolute Gasteiger partial charge is 0.481 e. The molecule has 2 aromatic rings. The van der Waals surface area contributed by atoms with Crippen molar-refractivity contribution < 1.29 is 14.7 Å². The molecule has 0 saturated heterocycles. The average molecular weight is 431 g/mol. The molecule has 0 aromatic heterocycles. The second kappa shape index (κ2) is 13.9. The van der Waals surface area contributed by atoms with Crippen molar-refractivity contribution in [1.29, 1.82) is 0 Å². The number of nitrogens with two attached hydrogens (primary N) is 1. The van der Waals surface area contributed by atoms with Crippen LogP contribution in [-0.2, 0) is 16.1 Å². The Hall–Kier alpha value is -3.16. The number of nitrogens with one attached hydrogen (secondary N) is 2. The number of carbonyl (C=O) groups is 2. The molecule has 0 saturated carbocycles. The zero-order chi connectivity index (χ0) is 22.4. The highest BCUT2D eigenvalue weighted by Crippen LogP contribution is 2.15. The summed E-state index contributed by atoms with van der Waals surface area (Å²) in [6.07, 6.45) is 2.63. The third-order valence-electron chi connectivity index (χ3n) is 3.78. The Balaban J connectivity index is 0.00000141. The summed E-state index contributed by atoms with van der Waals surface area (Å²) < 4.78 is 0. The molecule has 2 rings (SSSR count). The van der Waals surface area contributed by atoms with Crippen LogP contribution in [0.2, 0.25) is 5.02 Å². The maximum Gasteiger partial charge on any atom is 0.304 e. The second-order valence-corrected chi connectivity index (χ2v) is 6.53. The van der Waals surface area contributed by atoms with Gasteiger partial charge in [0.2, 0.25) is 0 Å². The van der Waals surface area contributed by atoms with Crippen molar-refractivity contribution in [2.24, 2.45) is 10.7 Å². The molecule has 0 heterocycles. The molecule has 0 radical (unpaired) electrons. The number of aliphatic imine (C=N–C) groups is 1. The van der Waals surface area contributed by atoms with E-state index in [0.29, 0.717) is 29.6 Å². The van der Waals surface area contributed by atoms with Crippen LogP contribution >= 0.6 is 11.6 Å². The molecule has 0 aliphatic rings. The normalized spacial score (nSPS) is 11.3. The summed E-state index contributed by atoms with van der Waals surface area (Å²) in [6, 6.07) is 15.1. The average Bonchev–Trinajstić information content (AvgIpc) is 2.72. The minimum atomic E-state index is -0.806. The molecular weight excluding hydrogens is 404 g/mol. The highest BCUT2D eigenvalue weighted by Gasteiger charge is 2.02. The van der Waals surface area contributed by atoms with Crippen molar-refractivity contribution in [3.8, 4) is 0 Å². The molecule has 7 nitrogen and oxygen atoms in total. The van der Waals surface area contributed by atoms with Crippen LogP contribution in [0.1, 0.15) is 24.5 Å². The fraction of sp³-hybridized carbons (Fsp3) is 0.227. The van der Waals surface area contributed by atoms with E-state index in [2.05, 4.69) is 15.6 Å². The number of halogens is 1. The minimum absolute atomic E-state index is 0.108. The van der Waals surface area contributed by atoms with Gasteiger partial charge in [-0.2, -0.15) is 0 Å². The quantitative estimate of drug-likeness (QED) is 0.220. The van der Waals surface area contributed by atoms with Gasteiger partial charge in [0.15, 0.2) is 0 Å². The van der Waals surface area contributed by atoms with Crippen molar-refractivity contribution in [2.45, 2.75) is 19.9 Å². The maximum absolute atomic E-state index is 10.5. The molecule has 0 unspecified atom stereocenters. The van der Waals surface area contributed by atoms with Gasteiger partial charge < -0.3 is 26.3 Å². The monoisotopic (exact) mass is 430 g/mol. The van der Waals surface area contributed by atoms with Crippen LogP contribution in [0.25, 0.3) is 5.70 Å². The van der Waals surface area contributed by atoms with Crippen LogP contribution in [0.15, 0.2) is 59.6 Å². The number of anilines is 1. The van der Waals surface area contributed by atoms with Crippen LogP contribution < -0.4 is 16.4 Å². The highest BCUT2D eigenvalue weighted by atomic mass is 35.5. The first kappa shape index (κ1) is 24.9. The zero-order valence-electron chi connectivity index (χ0n) is 17.1. The molecule has 0 atom stereocenters. The standard InChI is InChI=1S/C20H23ClN4O2.C2H4O/c1-23-19(12-18(22)15-4-6-16(21)7-5-15)25-17-8-2-14(3-9-17)13-24-11-10-20(26)27;1-2-3/h2-9,12,24H,10-11,13,22H2,1H3,(H,23,25)(H,26,27);2H,1H3/b18-12-;. The van der Waals surface area contributed by atoms with E-state index in [4.69, 9.17) is 27.2 Å². The lowest BCUT2D eigenvalue weighted by Gasteiger charge is -2.09. The minimum Gasteiger partial charge on any atom is -0.481 e. The Kier molecular flexibility index (Phi) is 11.5. The lowest BCUT2D eigenvalue weighted by Crippen LogP contribution is -2.17. The van der Waals surface area contributed by atoms with Crippen LogP contribution in [-0.4, -0.2) is 36.8 Å². The van der Waals surface area contributed by atoms with Gasteiger partial charge in [-0.3, -0.25) is 9.79 Å². The first-order valence-electron chi connectivity index (χ1n) is 9.27. The van der Waals surface area contributed by atoms with E-state index in [1.165, 1.54) is 6.92 Å². The van der Waals surface area contributed by atoms with Crippen molar-refractivity contribution in [3.63, 3.8) is 0 Å². The maximum atomic E-state index is 10.5. The first-order chi connectivity index (χ1) is 14.4. The number of rotatable bonds is 8. The topological polar surface area (TPSA) is 117 Å². The smallest absolute Gasteiger partial charge is 0.304 e. The molecule has 0 bridgehead atoms. The van der Waals surface area contributed by atoms with Crippen molar-refractivity contribution in [1.82, 2.24) is 5.32 Å². The Morgan fingerprint density at radius 1 is 1.17 bits per heavy atom. The number of nitrogens with zero attached hydrogens (tertiary/aromatic N) is 1. The lowest BCUT2D eigenvalue weighted by atomic mass is 10.1. The molecule has 30 heavy (non-hydrogen) atoms. The Labute approximate surface area is 181 Å².